The third kappa shape index (κ3) is 4.80. The smallest absolute Gasteiger partial charge is 0.272 e. The molecule has 2 heterocycles. The first-order valence-electron chi connectivity index (χ1n) is 7.51. The van der Waals surface area contributed by atoms with Crippen LogP contribution in [-0.4, -0.2) is 28.8 Å². The lowest BCUT2D eigenvalue weighted by Crippen LogP contribution is -2.32. The van der Waals surface area contributed by atoms with Crippen LogP contribution >= 0.6 is 28.3 Å². The molecule has 23 heavy (non-hydrogen) atoms. The van der Waals surface area contributed by atoms with Gasteiger partial charge in [0.2, 0.25) is 0 Å². The van der Waals surface area contributed by atoms with Gasteiger partial charge >= 0.3 is 0 Å². The molecule has 0 saturated carbocycles. The monoisotopic (exact) mass is 398 g/mol. The maximum atomic E-state index is 12.2. The van der Waals surface area contributed by atoms with Gasteiger partial charge in [-0.3, -0.25) is 9.48 Å². The topological polar surface area (TPSA) is 59.0 Å². The Morgan fingerprint density at radius 3 is 2.83 bits per heavy atom. The van der Waals surface area contributed by atoms with E-state index in [1.807, 2.05) is 35.1 Å². The predicted molar refractivity (Wildman–Crippen MR) is 95.9 cm³/mol. The molecule has 0 spiro atoms. The fourth-order valence-electron chi connectivity index (χ4n) is 2.60. The van der Waals surface area contributed by atoms with Gasteiger partial charge in [-0.2, -0.15) is 5.10 Å². The van der Waals surface area contributed by atoms with Crippen molar-refractivity contribution in [1.82, 2.24) is 20.4 Å². The molecule has 1 unspecified atom stereocenters. The number of benzene rings is 1. The fourth-order valence-corrected chi connectivity index (χ4v) is 2.86. The van der Waals surface area contributed by atoms with Crippen molar-refractivity contribution >= 4 is 34.2 Å². The van der Waals surface area contributed by atoms with Gasteiger partial charge in [-0.1, -0.05) is 28.1 Å². The maximum Gasteiger partial charge on any atom is 0.272 e. The van der Waals surface area contributed by atoms with E-state index in [4.69, 9.17) is 0 Å². The minimum atomic E-state index is -0.134. The van der Waals surface area contributed by atoms with Gasteiger partial charge in [0.15, 0.2) is 0 Å². The van der Waals surface area contributed by atoms with Crippen LogP contribution in [0, 0.1) is 0 Å². The van der Waals surface area contributed by atoms with E-state index in [1.54, 1.807) is 6.07 Å². The van der Waals surface area contributed by atoms with Crippen LogP contribution in [-0.2, 0) is 6.54 Å². The van der Waals surface area contributed by atoms with Crippen LogP contribution in [0.2, 0.25) is 0 Å². The molecule has 0 bridgehead atoms. The van der Waals surface area contributed by atoms with Crippen molar-refractivity contribution < 1.29 is 4.79 Å². The van der Waals surface area contributed by atoms with E-state index in [1.165, 1.54) is 0 Å². The number of aromatic nitrogens is 2. The van der Waals surface area contributed by atoms with Crippen molar-refractivity contribution in [2.75, 3.05) is 13.1 Å². The van der Waals surface area contributed by atoms with Crippen molar-refractivity contribution in [3.05, 3.63) is 52.3 Å². The maximum absolute atomic E-state index is 12.2. The molecule has 0 aliphatic carbocycles. The summed E-state index contributed by atoms with van der Waals surface area (Å²) < 4.78 is 2.93. The van der Waals surface area contributed by atoms with E-state index < -0.39 is 0 Å². The summed E-state index contributed by atoms with van der Waals surface area (Å²) in [5, 5.41) is 10.7. The van der Waals surface area contributed by atoms with Crippen LogP contribution in [0.25, 0.3) is 0 Å². The summed E-state index contributed by atoms with van der Waals surface area (Å²) in [6.45, 7) is 2.49. The van der Waals surface area contributed by atoms with Crippen molar-refractivity contribution in [2.24, 2.45) is 0 Å². The SMILES string of the molecule is Cl.O=C(NCc1ccc(Br)cc1)c1ccn(C2CCCNC2)n1. The highest BCUT2D eigenvalue weighted by Crippen LogP contribution is 2.16. The zero-order valence-electron chi connectivity index (χ0n) is 12.7. The summed E-state index contributed by atoms with van der Waals surface area (Å²) in [4.78, 5) is 12.2. The number of carbonyl (C=O) groups is 1. The number of amides is 1. The molecule has 2 aromatic rings. The molecule has 1 saturated heterocycles. The lowest BCUT2D eigenvalue weighted by Gasteiger charge is -2.22. The van der Waals surface area contributed by atoms with Crippen molar-refractivity contribution in [2.45, 2.75) is 25.4 Å². The predicted octanol–water partition coefficient (Wildman–Crippen LogP) is 2.92. The van der Waals surface area contributed by atoms with E-state index in [-0.39, 0.29) is 18.3 Å². The number of halogens is 2. The highest BCUT2D eigenvalue weighted by atomic mass is 79.9. The quantitative estimate of drug-likeness (QED) is 0.831. The first kappa shape index (κ1) is 18.0. The van der Waals surface area contributed by atoms with Crippen LogP contribution in [0.15, 0.2) is 41.0 Å². The highest BCUT2D eigenvalue weighted by Gasteiger charge is 2.17. The lowest BCUT2D eigenvalue weighted by atomic mass is 10.1. The van der Waals surface area contributed by atoms with E-state index in [0.717, 1.165) is 36.0 Å². The minimum absolute atomic E-state index is 0. The van der Waals surface area contributed by atoms with Crippen molar-refractivity contribution in [1.29, 1.82) is 0 Å². The normalized spacial score (nSPS) is 17.3. The molecule has 1 aliphatic rings. The first-order valence-corrected chi connectivity index (χ1v) is 8.30. The summed E-state index contributed by atoms with van der Waals surface area (Å²) in [6, 6.07) is 10.0. The number of piperidine rings is 1. The molecule has 1 aromatic carbocycles. The van der Waals surface area contributed by atoms with Gasteiger partial charge in [0.05, 0.1) is 6.04 Å². The molecular weight excluding hydrogens is 380 g/mol. The van der Waals surface area contributed by atoms with Gasteiger partial charge < -0.3 is 10.6 Å². The van der Waals surface area contributed by atoms with E-state index in [0.29, 0.717) is 18.3 Å². The van der Waals surface area contributed by atoms with Crippen molar-refractivity contribution in [3.8, 4) is 0 Å². The molecule has 1 atom stereocenters. The zero-order chi connectivity index (χ0) is 15.4. The van der Waals surface area contributed by atoms with Gasteiger partial charge in [0.25, 0.3) is 5.91 Å². The Balaban J connectivity index is 0.00000192. The summed E-state index contributed by atoms with van der Waals surface area (Å²) in [5.74, 6) is -0.134. The Hall–Kier alpha value is -1.37. The van der Waals surface area contributed by atoms with Gasteiger partial charge in [-0.25, -0.2) is 0 Å². The molecule has 3 rings (SSSR count). The third-order valence-electron chi connectivity index (χ3n) is 3.85. The van der Waals surface area contributed by atoms with E-state index in [2.05, 4.69) is 31.7 Å². The minimum Gasteiger partial charge on any atom is -0.347 e. The number of hydrogen-bond acceptors (Lipinski definition) is 3. The second-order valence-corrected chi connectivity index (χ2v) is 6.41. The van der Waals surface area contributed by atoms with Gasteiger partial charge in [0, 0.05) is 23.8 Å². The Kier molecular flexibility index (Phi) is 6.62. The summed E-state index contributed by atoms with van der Waals surface area (Å²) >= 11 is 3.40. The Morgan fingerprint density at radius 1 is 1.35 bits per heavy atom. The summed E-state index contributed by atoms with van der Waals surface area (Å²) in [7, 11) is 0. The van der Waals surface area contributed by atoms with Gasteiger partial charge in [-0.15, -0.1) is 12.4 Å². The average molecular weight is 400 g/mol. The number of nitrogens with zero attached hydrogens (tertiary/aromatic N) is 2. The molecule has 1 amide bonds. The Labute approximate surface area is 150 Å². The van der Waals surface area contributed by atoms with Crippen molar-refractivity contribution in [3.63, 3.8) is 0 Å². The van der Waals surface area contributed by atoms with Gasteiger partial charge in [0.1, 0.15) is 5.69 Å². The third-order valence-corrected chi connectivity index (χ3v) is 4.38. The van der Waals surface area contributed by atoms with E-state index >= 15 is 0 Å². The summed E-state index contributed by atoms with van der Waals surface area (Å²) in [6.07, 6.45) is 4.15. The highest BCUT2D eigenvalue weighted by molar-refractivity contribution is 9.10. The molecule has 1 aromatic heterocycles. The Bertz CT molecular complexity index is 638. The number of nitrogens with one attached hydrogen (secondary N) is 2. The molecule has 0 radical (unpaired) electrons. The van der Waals surface area contributed by atoms with Crippen LogP contribution in [0.4, 0.5) is 0 Å². The molecule has 1 fully saturated rings. The number of carbonyl (C=O) groups excluding carboxylic acids is 1. The van der Waals surface area contributed by atoms with Crippen LogP contribution in [0.1, 0.15) is 34.9 Å². The van der Waals surface area contributed by atoms with Crippen LogP contribution < -0.4 is 10.6 Å². The Morgan fingerprint density at radius 2 is 2.13 bits per heavy atom. The zero-order valence-corrected chi connectivity index (χ0v) is 15.1. The van der Waals surface area contributed by atoms with Gasteiger partial charge in [-0.05, 0) is 43.1 Å². The molecular formula is C16H20BrClN4O. The molecule has 5 nitrogen and oxygen atoms in total. The fraction of sp³-hybridized carbons (Fsp3) is 0.375. The largest absolute Gasteiger partial charge is 0.347 e. The number of hydrogen-bond donors (Lipinski definition) is 2. The second kappa shape index (κ2) is 8.47. The summed E-state index contributed by atoms with van der Waals surface area (Å²) in [5.41, 5.74) is 1.54. The average Bonchev–Trinajstić information content (AvgIpc) is 3.05. The van der Waals surface area contributed by atoms with Crippen LogP contribution in [0.5, 0.6) is 0 Å². The molecule has 1 aliphatic heterocycles. The molecule has 124 valence electrons. The molecule has 2 N–H and O–H groups in total. The van der Waals surface area contributed by atoms with Crippen LogP contribution in [0.3, 0.4) is 0 Å². The molecule has 7 heteroatoms. The lowest BCUT2D eigenvalue weighted by molar-refractivity contribution is 0.0944. The standard InChI is InChI=1S/C16H19BrN4O.ClH/c17-13-5-3-12(4-6-13)10-19-16(22)15-7-9-21(20-15)14-2-1-8-18-11-14;/h3-7,9,14,18H,1-2,8,10-11H2,(H,19,22);1H. The second-order valence-electron chi connectivity index (χ2n) is 5.49. The van der Waals surface area contributed by atoms with E-state index in [9.17, 15) is 4.79 Å². The number of rotatable bonds is 4. The first-order chi connectivity index (χ1) is 10.7.